The number of rotatable bonds is 6. The molecule has 0 aliphatic rings. The topological polar surface area (TPSA) is 46.5 Å². The lowest BCUT2D eigenvalue weighted by molar-refractivity contribution is -0.148. The van der Waals surface area contributed by atoms with Gasteiger partial charge in [0.15, 0.2) is 6.10 Å². The molecule has 1 aromatic carbocycles. The van der Waals surface area contributed by atoms with Crippen LogP contribution in [0.3, 0.4) is 0 Å². The minimum Gasteiger partial charge on any atom is -0.479 e. The molecule has 0 unspecified atom stereocenters. The predicted molar refractivity (Wildman–Crippen MR) is 60.2 cm³/mol. The summed E-state index contributed by atoms with van der Waals surface area (Å²) in [4.78, 5) is 11.4. The van der Waals surface area contributed by atoms with Crippen molar-refractivity contribution in [2.45, 2.75) is 17.9 Å². The fourth-order valence-corrected chi connectivity index (χ4v) is 1.73. The standard InChI is InChI=1S/C11H13FO3S/c1-8(11(13)14)15-6-7-16-10-4-2-9(12)3-5-10/h2-5,8H,6-7H2,1H3,(H,13,14)/t8-/m0/s1. The molecule has 0 saturated carbocycles. The van der Waals surface area contributed by atoms with Crippen molar-refractivity contribution < 1.29 is 19.0 Å². The summed E-state index contributed by atoms with van der Waals surface area (Å²) in [6.45, 7) is 1.85. The molecule has 0 fully saturated rings. The van der Waals surface area contributed by atoms with Crippen LogP contribution in [0.5, 0.6) is 0 Å². The summed E-state index contributed by atoms with van der Waals surface area (Å²) in [7, 11) is 0. The first-order valence-electron chi connectivity index (χ1n) is 4.82. The van der Waals surface area contributed by atoms with E-state index in [0.29, 0.717) is 12.4 Å². The quantitative estimate of drug-likeness (QED) is 0.616. The van der Waals surface area contributed by atoms with Gasteiger partial charge < -0.3 is 9.84 Å². The van der Waals surface area contributed by atoms with Crippen molar-refractivity contribution in [1.82, 2.24) is 0 Å². The van der Waals surface area contributed by atoms with E-state index in [4.69, 9.17) is 9.84 Å². The van der Waals surface area contributed by atoms with E-state index in [1.165, 1.54) is 30.8 Å². The molecule has 1 atom stereocenters. The highest BCUT2D eigenvalue weighted by molar-refractivity contribution is 7.99. The minimum absolute atomic E-state index is 0.264. The molecule has 1 N–H and O–H groups in total. The fourth-order valence-electron chi connectivity index (χ4n) is 0.987. The van der Waals surface area contributed by atoms with Crippen LogP contribution in [0, 0.1) is 5.82 Å². The van der Waals surface area contributed by atoms with Crippen molar-refractivity contribution in [3.63, 3.8) is 0 Å². The second-order valence-electron chi connectivity index (χ2n) is 3.15. The Morgan fingerprint density at radius 2 is 2.12 bits per heavy atom. The first-order chi connectivity index (χ1) is 7.59. The van der Waals surface area contributed by atoms with E-state index in [1.54, 1.807) is 12.1 Å². The molecule has 0 saturated heterocycles. The van der Waals surface area contributed by atoms with Crippen LogP contribution in [0.2, 0.25) is 0 Å². The second kappa shape index (κ2) is 6.50. The zero-order valence-corrected chi connectivity index (χ0v) is 9.67. The summed E-state index contributed by atoms with van der Waals surface area (Å²) < 4.78 is 17.6. The molecule has 0 bridgehead atoms. The molecule has 0 aromatic heterocycles. The van der Waals surface area contributed by atoms with Gasteiger partial charge in [0.25, 0.3) is 0 Å². The van der Waals surface area contributed by atoms with Gasteiger partial charge in [0.05, 0.1) is 6.61 Å². The lowest BCUT2D eigenvalue weighted by Gasteiger charge is -2.07. The van der Waals surface area contributed by atoms with Gasteiger partial charge in [-0.1, -0.05) is 0 Å². The second-order valence-corrected chi connectivity index (χ2v) is 4.32. The van der Waals surface area contributed by atoms with Crippen LogP contribution >= 0.6 is 11.8 Å². The monoisotopic (exact) mass is 244 g/mol. The maximum Gasteiger partial charge on any atom is 0.332 e. The summed E-state index contributed by atoms with van der Waals surface area (Å²) in [5, 5.41) is 8.56. The third kappa shape index (κ3) is 4.63. The van der Waals surface area contributed by atoms with Crippen molar-refractivity contribution in [3.05, 3.63) is 30.1 Å². The molecule has 1 rings (SSSR count). The Morgan fingerprint density at radius 3 is 2.69 bits per heavy atom. The van der Waals surface area contributed by atoms with Gasteiger partial charge in [0.2, 0.25) is 0 Å². The van der Waals surface area contributed by atoms with E-state index in [0.717, 1.165) is 4.90 Å². The first kappa shape index (κ1) is 13.0. The zero-order chi connectivity index (χ0) is 12.0. The molecular weight excluding hydrogens is 231 g/mol. The minimum atomic E-state index is -0.966. The molecule has 0 radical (unpaired) electrons. The third-order valence-corrected chi connectivity index (χ3v) is 2.86. The molecule has 1 aromatic rings. The van der Waals surface area contributed by atoms with Crippen molar-refractivity contribution in [2.75, 3.05) is 12.4 Å². The van der Waals surface area contributed by atoms with E-state index in [1.807, 2.05) is 0 Å². The van der Waals surface area contributed by atoms with Crippen molar-refractivity contribution in [1.29, 1.82) is 0 Å². The third-order valence-electron chi connectivity index (χ3n) is 1.88. The van der Waals surface area contributed by atoms with Crippen LogP contribution in [0.25, 0.3) is 0 Å². The molecule has 88 valence electrons. The van der Waals surface area contributed by atoms with E-state index < -0.39 is 12.1 Å². The number of carboxylic acid groups (broad SMARTS) is 1. The average Bonchev–Trinajstić information content (AvgIpc) is 2.26. The number of hydrogen-bond donors (Lipinski definition) is 1. The van der Waals surface area contributed by atoms with Gasteiger partial charge in [0.1, 0.15) is 5.82 Å². The normalized spacial score (nSPS) is 12.4. The maximum absolute atomic E-state index is 12.6. The highest BCUT2D eigenvalue weighted by atomic mass is 32.2. The molecular formula is C11H13FO3S. The van der Waals surface area contributed by atoms with Gasteiger partial charge in [-0.2, -0.15) is 0 Å². The van der Waals surface area contributed by atoms with E-state index in [9.17, 15) is 9.18 Å². The number of thioether (sulfide) groups is 1. The Hall–Kier alpha value is -1.07. The van der Waals surface area contributed by atoms with Crippen molar-refractivity contribution >= 4 is 17.7 Å². The van der Waals surface area contributed by atoms with Gasteiger partial charge in [-0.25, -0.2) is 9.18 Å². The Balaban J connectivity index is 2.21. The fraction of sp³-hybridized carbons (Fsp3) is 0.364. The van der Waals surface area contributed by atoms with Gasteiger partial charge in [-0.15, -0.1) is 11.8 Å². The molecule has 0 aliphatic heterocycles. The van der Waals surface area contributed by atoms with E-state index in [2.05, 4.69) is 0 Å². The van der Waals surface area contributed by atoms with Gasteiger partial charge in [-0.3, -0.25) is 0 Å². The smallest absolute Gasteiger partial charge is 0.332 e. The Labute approximate surface area is 97.6 Å². The molecule has 5 heteroatoms. The maximum atomic E-state index is 12.6. The van der Waals surface area contributed by atoms with E-state index in [-0.39, 0.29) is 5.82 Å². The number of benzene rings is 1. The SMILES string of the molecule is C[C@H](OCCSc1ccc(F)cc1)C(=O)O. The molecule has 3 nitrogen and oxygen atoms in total. The van der Waals surface area contributed by atoms with E-state index >= 15 is 0 Å². The van der Waals surface area contributed by atoms with Crippen molar-refractivity contribution in [3.8, 4) is 0 Å². The zero-order valence-electron chi connectivity index (χ0n) is 8.85. The molecule has 0 heterocycles. The van der Waals surface area contributed by atoms with Crippen LogP contribution in [-0.4, -0.2) is 29.5 Å². The van der Waals surface area contributed by atoms with Gasteiger partial charge in [0, 0.05) is 10.6 Å². The number of hydrogen-bond acceptors (Lipinski definition) is 3. The number of halogens is 1. The first-order valence-corrected chi connectivity index (χ1v) is 5.81. The Morgan fingerprint density at radius 1 is 1.50 bits per heavy atom. The summed E-state index contributed by atoms with van der Waals surface area (Å²) in [6.07, 6.45) is -0.784. The van der Waals surface area contributed by atoms with Crippen LogP contribution in [0.15, 0.2) is 29.2 Å². The predicted octanol–water partition coefficient (Wildman–Crippen LogP) is 2.41. The molecule has 0 amide bonds. The molecule has 0 aliphatic carbocycles. The Bertz CT molecular complexity index is 340. The molecule has 16 heavy (non-hydrogen) atoms. The molecule has 0 spiro atoms. The average molecular weight is 244 g/mol. The summed E-state index contributed by atoms with van der Waals surface area (Å²) in [5.41, 5.74) is 0. The van der Waals surface area contributed by atoms with Crippen molar-refractivity contribution in [2.24, 2.45) is 0 Å². The lowest BCUT2D eigenvalue weighted by Crippen LogP contribution is -2.20. The lowest BCUT2D eigenvalue weighted by atomic mass is 10.4. The largest absolute Gasteiger partial charge is 0.479 e. The summed E-state index contributed by atoms with van der Waals surface area (Å²) in [6, 6.07) is 6.15. The number of aliphatic carboxylic acids is 1. The highest BCUT2D eigenvalue weighted by Gasteiger charge is 2.09. The van der Waals surface area contributed by atoms with Crippen LogP contribution < -0.4 is 0 Å². The number of carboxylic acids is 1. The number of ether oxygens (including phenoxy) is 1. The summed E-state index contributed by atoms with van der Waals surface area (Å²) in [5.74, 6) is -0.588. The van der Waals surface area contributed by atoms with Gasteiger partial charge in [-0.05, 0) is 31.2 Å². The van der Waals surface area contributed by atoms with Gasteiger partial charge >= 0.3 is 5.97 Å². The highest BCUT2D eigenvalue weighted by Crippen LogP contribution is 2.17. The number of carbonyl (C=O) groups is 1. The summed E-state index contributed by atoms with van der Waals surface area (Å²) >= 11 is 1.50. The van der Waals surface area contributed by atoms with Crippen LogP contribution in [0.4, 0.5) is 4.39 Å². The Kier molecular flexibility index (Phi) is 5.28. The van der Waals surface area contributed by atoms with Crippen LogP contribution in [-0.2, 0) is 9.53 Å². The van der Waals surface area contributed by atoms with Crippen LogP contribution in [0.1, 0.15) is 6.92 Å².